The first-order valence-electron chi connectivity index (χ1n) is 3.51. The molecule has 0 heterocycles. The first-order chi connectivity index (χ1) is 6.50. The van der Waals surface area contributed by atoms with Gasteiger partial charge in [-0.05, 0) is 24.4 Å². The Balaban J connectivity index is 3.14. The Bertz CT molecular complexity index is 397. The number of hydrogen-bond donors (Lipinski definition) is 2. The van der Waals surface area contributed by atoms with Crippen molar-refractivity contribution in [2.45, 2.75) is 0 Å². The molecule has 0 spiro atoms. The smallest absolute Gasteiger partial charge is 0.294 e. The molecule has 0 fully saturated rings. The van der Waals surface area contributed by atoms with Crippen molar-refractivity contribution in [1.82, 2.24) is 0 Å². The summed E-state index contributed by atoms with van der Waals surface area (Å²) >= 11 is 10.2. The van der Waals surface area contributed by atoms with Crippen molar-refractivity contribution in [3.8, 4) is 0 Å². The number of hydrogen-bond acceptors (Lipinski definition) is 3. The zero-order valence-corrected chi connectivity index (χ0v) is 8.43. The Morgan fingerprint density at radius 1 is 1.64 bits per heavy atom. The summed E-state index contributed by atoms with van der Waals surface area (Å²) in [6.45, 7) is 0. The van der Waals surface area contributed by atoms with Gasteiger partial charge in [0, 0.05) is 11.1 Å². The van der Waals surface area contributed by atoms with Gasteiger partial charge in [0.25, 0.3) is 5.69 Å². The Morgan fingerprint density at radius 3 is 2.79 bits per heavy atom. The maximum absolute atomic E-state index is 10.6. The van der Waals surface area contributed by atoms with Crippen molar-refractivity contribution in [2.24, 2.45) is 5.73 Å². The summed E-state index contributed by atoms with van der Waals surface area (Å²) in [5.74, 6) is 0. The van der Waals surface area contributed by atoms with Gasteiger partial charge < -0.3 is 11.1 Å². The second-order valence-electron chi connectivity index (χ2n) is 2.41. The highest BCUT2D eigenvalue weighted by Crippen LogP contribution is 2.27. The molecular formula is C7H6ClN3O2S. The highest BCUT2D eigenvalue weighted by molar-refractivity contribution is 7.80. The second kappa shape index (κ2) is 4.21. The van der Waals surface area contributed by atoms with E-state index in [9.17, 15) is 10.1 Å². The lowest BCUT2D eigenvalue weighted by molar-refractivity contribution is -0.383. The first-order valence-corrected chi connectivity index (χ1v) is 4.29. The lowest BCUT2D eigenvalue weighted by Crippen LogP contribution is -2.19. The van der Waals surface area contributed by atoms with Crippen molar-refractivity contribution in [2.75, 3.05) is 5.32 Å². The molecule has 1 aromatic carbocycles. The van der Waals surface area contributed by atoms with Crippen molar-refractivity contribution >= 4 is 40.3 Å². The predicted molar refractivity (Wildman–Crippen MR) is 58.5 cm³/mol. The van der Waals surface area contributed by atoms with E-state index in [1.54, 1.807) is 0 Å². The summed E-state index contributed by atoms with van der Waals surface area (Å²) in [6, 6.07) is 4.18. The number of anilines is 1. The Kier molecular flexibility index (Phi) is 3.21. The number of nitrogens with two attached hydrogens (primary N) is 1. The van der Waals surface area contributed by atoms with Gasteiger partial charge >= 0.3 is 0 Å². The van der Waals surface area contributed by atoms with Crippen LogP contribution in [-0.2, 0) is 0 Å². The van der Waals surface area contributed by atoms with Gasteiger partial charge in [0.15, 0.2) is 5.11 Å². The normalized spacial score (nSPS) is 9.50. The van der Waals surface area contributed by atoms with E-state index in [4.69, 9.17) is 17.3 Å². The molecule has 0 aliphatic carbocycles. The molecule has 0 unspecified atom stereocenters. The number of halogens is 1. The van der Waals surface area contributed by atoms with Crippen molar-refractivity contribution < 1.29 is 4.92 Å². The van der Waals surface area contributed by atoms with Crippen LogP contribution in [-0.4, -0.2) is 10.0 Å². The van der Waals surface area contributed by atoms with Gasteiger partial charge in [-0.15, -0.1) is 0 Å². The topological polar surface area (TPSA) is 81.2 Å². The second-order valence-corrected chi connectivity index (χ2v) is 3.28. The van der Waals surface area contributed by atoms with Crippen LogP contribution >= 0.6 is 23.8 Å². The van der Waals surface area contributed by atoms with Gasteiger partial charge in [-0.2, -0.15) is 0 Å². The van der Waals surface area contributed by atoms with Gasteiger partial charge in [-0.25, -0.2) is 0 Å². The van der Waals surface area contributed by atoms with E-state index >= 15 is 0 Å². The van der Waals surface area contributed by atoms with E-state index in [0.717, 1.165) is 0 Å². The summed E-state index contributed by atoms with van der Waals surface area (Å²) in [6.07, 6.45) is 0. The van der Waals surface area contributed by atoms with Crippen LogP contribution in [0, 0.1) is 10.1 Å². The van der Waals surface area contributed by atoms with Crippen LogP contribution in [0.4, 0.5) is 11.4 Å². The monoisotopic (exact) mass is 231 g/mol. The fraction of sp³-hybridized carbons (Fsp3) is 0. The summed E-state index contributed by atoms with van der Waals surface area (Å²) in [4.78, 5) is 10.0. The molecule has 5 nitrogen and oxygen atoms in total. The number of rotatable bonds is 2. The number of nitrogens with one attached hydrogen (secondary N) is 1. The predicted octanol–water partition coefficient (Wildman–Crippen LogP) is 1.90. The molecule has 14 heavy (non-hydrogen) atoms. The molecule has 0 aliphatic heterocycles. The van der Waals surface area contributed by atoms with E-state index in [0.29, 0.717) is 0 Å². The Hall–Kier alpha value is -1.40. The van der Waals surface area contributed by atoms with Crippen LogP contribution in [0.2, 0.25) is 5.02 Å². The van der Waals surface area contributed by atoms with E-state index < -0.39 is 4.92 Å². The highest BCUT2D eigenvalue weighted by atomic mass is 35.5. The standard InChI is InChI=1S/C7H6ClN3O2S/c8-4-1-2-5(10-7(9)14)6(3-4)11(12)13/h1-3H,(H3,9,10,14). The van der Waals surface area contributed by atoms with Crippen LogP contribution in [0.3, 0.4) is 0 Å². The molecule has 74 valence electrons. The van der Waals surface area contributed by atoms with Crippen LogP contribution in [0.25, 0.3) is 0 Å². The van der Waals surface area contributed by atoms with E-state index in [1.165, 1.54) is 18.2 Å². The minimum atomic E-state index is -0.563. The number of benzene rings is 1. The lowest BCUT2D eigenvalue weighted by Gasteiger charge is -2.04. The minimum Gasteiger partial charge on any atom is -0.376 e. The lowest BCUT2D eigenvalue weighted by atomic mass is 10.3. The number of nitro groups is 1. The van der Waals surface area contributed by atoms with Gasteiger partial charge in [0.1, 0.15) is 5.69 Å². The molecule has 0 saturated carbocycles. The molecule has 0 radical (unpaired) electrons. The van der Waals surface area contributed by atoms with Crippen LogP contribution in [0.5, 0.6) is 0 Å². The molecule has 0 aliphatic rings. The third-order valence-corrected chi connectivity index (χ3v) is 1.75. The molecule has 1 rings (SSSR count). The molecule has 0 aromatic heterocycles. The maximum Gasteiger partial charge on any atom is 0.294 e. The number of nitro benzene ring substituents is 1. The minimum absolute atomic E-state index is 0.0320. The fourth-order valence-electron chi connectivity index (χ4n) is 0.894. The van der Waals surface area contributed by atoms with E-state index in [1.807, 2.05) is 0 Å². The molecule has 0 atom stereocenters. The quantitative estimate of drug-likeness (QED) is 0.462. The summed E-state index contributed by atoms with van der Waals surface area (Å²) in [7, 11) is 0. The highest BCUT2D eigenvalue weighted by Gasteiger charge is 2.14. The zero-order chi connectivity index (χ0) is 10.7. The molecule has 7 heteroatoms. The Labute approximate surface area is 90.0 Å². The van der Waals surface area contributed by atoms with Crippen molar-refractivity contribution in [3.63, 3.8) is 0 Å². The largest absolute Gasteiger partial charge is 0.376 e. The number of nitrogens with zero attached hydrogens (tertiary/aromatic N) is 1. The molecule has 0 saturated heterocycles. The number of thiocarbonyl (C=S) groups is 1. The fourth-order valence-corrected chi connectivity index (χ4v) is 1.17. The average molecular weight is 232 g/mol. The molecule has 1 aromatic rings. The van der Waals surface area contributed by atoms with Gasteiger partial charge in [-0.3, -0.25) is 10.1 Å². The van der Waals surface area contributed by atoms with E-state index in [2.05, 4.69) is 17.5 Å². The summed E-state index contributed by atoms with van der Waals surface area (Å²) in [5, 5.41) is 13.3. The third-order valence-electron chi connectivity index (χ3n) is 1.41. The van der Waals surface area contributed by atoms with Crippen molar-refractivity contribution in [3.05, 3.63) is 33.3 Å². The molecule has 0 bridgehead atoms. The SMILES string of the molecule is NC(=S)Nc1ccc(Cl)cc1[N+](=O)[O-]. The third kappa shape index (κ3) is 2.54. The van der Waals surface area contributed by atoms with Crippen LogP contribution < -0.4 is 11.1 Å². The van der Waals surface area contributed by atoms with E-state index in [-0.39, 0.29) is 21.5 Å². The van der Waals surface area contributed by atoms with Gasteiger partial charge in [0.05, 0.1) is 4.92 Å². The maximum atomic E-state index is 10.6. The first kappa shape index (κ1) is 10.7. The zero-order valence-electron chi connectivity index (χ0n) is 6.86. The average Bonchev–Trinajstić information content (AvgIpc) is 2.07. The summed E-state index contributed by atoms with van der Waals surface area (Å²) in [5.41, 5.74) is 5.26. The molecular weight excluding hydrogens is 226 g/mol. The van der Waals surface area contributed by atoms with Crippen LogP contribution in [0.15, 0.2) is 18.2 Å². The molecule has 0 amide bonds. The summed E-state index contributed by atoms with van der Waals surface area (Å²) < 4.78 is 0. The Morgan fingerprint density at radius 2 is 2.29 bits per heavy atom. The van der Waals surface area contributed by atoms with Crippen molar-refractivity contribution in [1.29, 1.82) is 0 Å². The molecule has 3 N–H and O–H groups in total. The van der Waals surface area contributed by atoms with Crippen LogP contribution in [0.1, 0.15) is 0 Å². The van der Waals surface area contributed by atoms with Gasteiger partial charge in [-0.1, -0.05) is 11.6 Å². The van der Waals surface area contributed by atoms with Gasteiger partial charge in [0.2, 0.25) is 0 Å².